The molecular formula is C11H11N3O2S. The normalized spacial score (nSPS) is 11.4. The van der Waals surface area contributed by atoms with Gasteiger partial charge in [-0.25, -0.2) is 18.4 Å². The Labute approximate surface area is 99.3 Å². The van der Waals surface area contributed by atoms with Gasteiger partial charge in [0.25, 0.3) is 0 Å². The average Bonchev–Trinajstić information content (AvgIpc) is 2.28. The van der Waals surface area contributed by atoms with Crippen molar-refractivity contribution in [3.05, 3.63) is 36.4 Å². The second kappa shape index (κ2) is 4.14. The van der Waals surface area contributed by atoms with Crippen LogP contribution < -0.4 is 5.73 Å². The summed E-state index contributed by atoms with van der Waals surface area (Å²) in [6.45, 7) is 0. The molecule has 0 fully saturated rings. The summed E-state index contributed by atoms with van der Waals surface area (Å²) in [7, 11) is -3.39. The lowest BCUT2D eigenvalue weighted by atomic mass is 10.1. The van der Waals surface area contributed by atoms with Gasteiger partial charge >= 0.3 is 0 Å². The Morgan fingerprint density at radius 2 is 1.76 bits per heavy atom. The molecule has 6 heteroatoms. The molecule has 0 atom stereocenters. The third-order valence-corrected chi connectivity index (χ3v) is 3.14. The molecule has 0 saturated heterocycles. The first-order valence-electron chi connectivity index (χ1n) is 4.87. The average molecular weight is 249 g/mol. The monoisotopic (exact) mass is 249 g/mol. The van der Waals surface area contributed by atoms with E-state index in [9.17, 15) is 8.42 Å². The Kier molecular flexibility index (Phi) is 2.81. The van der Waals surface area contributed by atoms with Crippen LogP contribution in [0.25, 0.3) is 11.3 Å². The fourth-order valence-electron chi connectivity index (χ4n) is 1.39. The second-order valence-electron chi connectivity index (χ2n) is 3.59. The zero-order valence-electron chi connectivity index (χ0n) is 9.16. The number of nitrogens with zero attached hydrogens (tertiary/aromatic N) is 2. The highest BCUT2D eigenvalue weighted by molar-refractivity contribution is 7.90. The predicted molar refractivity (Wildman–Crippen MR) is 65.0 cm³/mol. The molecule has 0 spiro atoms. The number of benzene rings is 1. The van der Waals surface area contributed by atoms with Gasteiger partial charge in [0.1, 0.15) is 0 Å². The van der Waals surface area contributed by atoms with Crippen LogP contribution in [0.2, 0.25) is 0 Å². The van der Waals surface area contributed by atoms with E-state index in [4.69, 9.17) is 5.73 Å². The van der Waals surface area contributed by atoms with Crippen LogP contribution in [0.1, 0.15) is 0 Å². The Balaban J connectivity index is 2.61. The van der Waals surface area contributed by atoms with E-state index in [1.807, 2.05) is 30.3 Å². The SMILES string of the molecule is CS(=O)(=O)c1cc(-c2ccccc2)nc(N)n1. The van der Waals surface area contributed by atoms with Crippen molar-refractivity contribution < 1.29 is 8.42 Å². The van der Waals surface area contributed by atoms with Gasteiger partial charge in [-0.1, -0.05) is 30.3 Å². The summed E-state index contributed by atoms with van der Waals surface area (Å²) >= 11 is 0. The molecule has 0 aliphatic heterocycles. The first-order valence-corrected chi connectivity index (χ1v) is 6.76. The molecule has 88 valence electrons. The minimum atomic E-state index is -3.39. The highest BCUT2D eigenvalue weighted by Gasteiger charge is 2.12. The molecular weight excluding hydrogens is 238 g/mol. The van der Waals surface area contributed by atoms with Gasteiger partial charge in [-0.15, -0.1) is 0 Å². The van der Waals surface area contributed by atoms with Gasteiger partial charge in [-0.05, 0) is 0 Å². The summed E-state index contributed by atoms with van der Waals surface area (Å²) in [5.74, 6) is -0.0493. The molecule has 0 aliphatic carbocycles. The zero-order chi connectivity index (χ0) is 12.5. The Bertz CT molecular complexity index is 639. The molecule has 2 rings (SSSR count). The number of nitrogen functional groups attached to an aromatic ring is 1. The summed E-state index contributed by atoms with van der Waals surface area (Å²) in [5.41, 5.74) is 6.80. The molecule has 2 aromatic rings. The quantitative estimate of drug-likeness (QED) is 0.806. The molecule has 1 aromatic carbocycles. The van der Waals surface area contributed by atoms with E-state index in [-0.39, 0.29) is 11.0 Å². The minimum absolute atomic E-state index is 0.0493. The van der Waals surface area contributed by atoms with Crippen LogP contribution in [0.3, 0.4) is 0 Å². The maximum absolute atomic E-state index is 11.4. The van der Waals surface area contributed by atoms with E-state index in [2.05, 4.69) is 9.97 Å². The van der Waals surface area contributed by atoms with E-state index in [0.29, 0.717) is 5.69 Å². The number of nitrogens with two attached hydrogens (primary N) is 1. The Hall–Kier alpha value is -1.95. The van der Waals surface area contributed by atoms with Crippen molar-refractivity contribution in [2.75, 3.05) is 12.0 Å². The third-order valence-electron chi connectivity index (χ3n) is 2.17. The van der Waals surface area contributed by atoms with Gasteiger partial charge in [0.2, 0.25) is 5.95 Å². The summed E-state index contributed by atoms with van der Waals surface area (Å²) in [6, 6.07) is 10.6. The van der Waals surface area contributed by atoms with E-state index < -0.39 is 9.84 Å². The lowest BCUT2D eigenvalue weighted by Gasteiger charge is -2.04. The van der Waals surface area contributed by atoms with Crippen LogP contribution in [0.5, 0.6) is 0 Å². The van der Waals surface area contributed by atoms with Gasteiger partial charge in [0.05, 0.1) is 5.69 Å². The van der Waals surface area contributed by atoms with Crippen LogP contribution in [-0.2, 0) is 9.84 Å². The zero-order valence-corrected chi connectivity index (χ0v) is 9.98. The second-order valence-corrected chi connectivity index (χ2v) is 5.55. The van der Waals surface area contributed by atoms with Gasteiger partial charge in [0.15, 0.2) is 14.9 Å². The number of aromatic nitrogens is 2. The van der Waals surface area contributed by atoms with Crippen LogP contribution in [0.15, 0.2) is 41.4 Å². The smallest absolute Gasteiger partial charge is 0.221 e. The number of hydrogen-bond acceptors (Lipinski definition) is 5. The molecule has 1 aromatic heterocycles. The molecule has 17 heavy (non-hydrogen) atoms. The van der Waals surface area contributed by atoms with Crippen molar-refractivity contribution in [3.63, 3.8) is 0 Å². The highest BCUT2D eigenvalue weighted by atomic mass is 32.2. The van der Waals surface area contributed by atoms with Crippen molar-refractivity contribution in [1.29, 1.82) is 0 Å². The van der Waals surface area contributed by atoms with Gasteiger partial charge < -0.3 is 5.73 Å². The van der Waals surface area contributed by atoms with Crippen LogP contribution in [0.4, 0.5) is 5.95 Å². The highest BCUT2D eigenvalue weighted by Crippen LogP contribution is 2.19. The van der Waals surface area contributed by atoms with Crippen LogP contribution in [-0.4, -0.2) is 24.6 Å². The van der Waals surface area contributed by atoms with Crippen molar-refractivity contribution in [2.24, 2.45) is 0 Å². The molecule has 0 unspecified atom stereocenters. The summed E-state index contributed by atoms with van der Waals surface area (Å²) < 4.78 is 22.8. The molecule has 0 radical (unpaired) electrons. The standard InChI is InChI=1S/C11H11N3O2S/c1-17(15,16)10-7-9(13-11(12)14-10)8-5-3-2-4-6-8/h2-7H,1H3,(H2,12,13,14). The Morgan fingerprint density at radius 3 is 2.35 bits per heavy atom. The minimum Gasteiger partial charge on any atom is -0.368 e. The Morgan fingerprint density at radius 1 is 1.12 bits per heavy atom. The maximum Gasteiger partial charge on any atom is 0.221 e. The summed E-state index contributed by atoms with van der Waals surface area (Å²) in [5, 5.41) is -0.0659. The molecule has 0 saturated carbocycles. The fourth-order valence-corrected chi connectivity index (χ4v) is 1.97. The molecule has 2 N–H and O–H groups in total. The molecule has 1 heterocycles. The fraction of sp³-hybridized carbons (Fsp3) is 0.0909. The number of rotatable bonds is 2. The van der Waals surface area contributed by atoms with E-state index in [0.717, 1.165) is 11.8 Å². The van der Waals surface area contributed by atoms with Gasteiger partial charge in [-0.2, -0.15) is 0 Å². The van der Waals surface area contributed by atoms with Gasteiger partial charge in [0, 0.05) is 17.9 Å². The van der Waals surface area contributed by atoms with E-state index >= 15 is 0 Å². The molecule has 0 aliphatic rings. The van der Waals surface area contributed by atoms with Crippen molar-refractivity contribution in [3.8, 4) is 11.3 Å². The summed E-state index contributed by atoms with van der Waals surface area (Å²) in [4.78, 5) is 7.73. The van der Waals surface area contributed by atoms with Crippen molar-refractivity contribution in [1.82, 2.24) is 9.97 Å². The predicted octanol–water partition coefficient (Wildman–Crippen LogP) is 1.13. The molecule has 0 bridgehead atoms. The van der Waals surface area contributed by atoms with Crippen LogP contribution >= 0.6 is 0 Å². The molecule has 0 amide bonds. The lowest BCUT2D eigenvalue weighted by molar-refractivity contribution is 0.598. The van der Waals surface area contributed by atoms with Crippen molar-refractivity contribution in [2.45, 2.75) is 5.03 Å². The largest absolute Gasteiger partial charge is 0.368 e. The summed E-state index contributed by atoms with van der Waals surface area (Å²) in [6.07, 6.45) is 1.09. The van der Waals surface area contributed by atoms with Crippen molar-refractivity contribution >= 4 is 15.8 Å². The lowest BCUT2D eigenvalue weighted by Crippen LogP contribution is -2.05. The van der Waals surface area contributed by atoms with E-state index in [1.54, 1.807) is 0 Å². The third kappa shape index (κ3) is 2.59. The van der Waals surface area contributed by atoms with Gasteiger partial charge in [-0.3, -0.25) is 0 Å². The first kappa shape index (κ1) is 11.5. The number of anilines is 1. The topological polar surface area (TPSA) is 85.9 Å². The molecule has 5 nitrogen and oxygen atoms in total. The first-order chi connectivity index (χ1) is 7.97. The maximum atomic E-state index is 11.4. The number of sulfone groups is 1. The van der Waals surface area contributed by atoms with E-state index in [1.165, 1.54) is 6.07 Å². The van der Waals surface area contributed by atoms with Crippen LogP contribution in [0, 0.1) is 0 Å². The number of hydrogen-bond donors (Lipinski definition) is 1.